The van der Waals surface area contributed by atoms with Crippen LogP contribution in [0.25, 0.3) is 22.6 Å². The number of nitrogen functional groups attached to an aromatic ring is 1. The number of ether oxygens (including phenoxy) is 1. The fourth-order valence-corrected chi connectivity index (χ4v) is 2.27. The lowest BCUT2D eigenvalue weighted by molar-refractivity contribution is 0.414. The maximum Gasteiger partial charge on any atom is 0.228 e. The minimum Gasteiger partial charge on any atom is -0.497 e. The number of fused-ring (bicyclic) bond motifs is 1. The molecule has 0 aliphatic carbocycles. The van der Waals surface area contributed by atoms with Crippen molar-refractivity contribution in [2.45, 2.75) is 0 Å². The molecule has 0 bridgehead atoms. The van der Waals surface area contributed by atoms with Gasteiger partial charge in [0.25, 0.3) is 0 Å². The topological polar surface area (TPSA) is 61.3 Å². The second-order valence-corrected chi connectivity index (χ2v) is 4.95. The third-order valence-electron chi connectivity index (χ3n) is 2.82. The van der Waals surface area contributed by atoms with Crippen LogP contribution in [0.15, 0.2) is 45.3 Å². The van der Waals surface area contributed by atoms with Crippen LogP contribution in [0.2, 0.25) is 0 Å². The molecule has 2 aromatic carbocycles. The van der Waals surface area contributed by atoms with E-state index in [1.165, 1.54) is 0 Å². The largest absolute Gasteiger partial charge is 0.497 e. The summed E-state index contributed by atoms with van der Waals surface area (Å²) in [6, 6.07) is 11.0. The van der Waals surface area contributed by atoms with E-state index in [2.05, 4.69) is 20.9 Å². The molecule has 0 spiro atoms. The third-order valence-corrected chi connectivity index (χ3v) is 3.51. The van der Waals surface area contributed by atoms with E-state index >= 15 is 0 Å². The number of hydrogen-bond acceptors (Lipinski definition) is 4. The lowest BCUT2D eigenvalue weighted by Gasteiger charge is -2.03. The molecule has 1 aromatic heterocycles. The lowest BCUT2D eigenvalue weighted by Crippen LogP contribution is -1.85. The number of oxazole rings is 1. The minimum atomic E-state index is 0.534. The molecule has 0 atom stereocenters. The summed E-state index contributed by atoms with van der Waals surface area (Å²) < 4.78 is 11.8. The quantitative estimate of drug-likeness (QED) is 0.729. The van der Waals surface area contributed by atoms with E-state index in [4.69, 9.17) is 14.9 Å². The van der Waals surface area contributed by atoms with E-state index in [0.717, 1.165) is 21.3 Å². The van der Waals surface area contributed by atoms with E-state index in [1.807, 2.05) is 24.3 Å². The molecule has 0 fully saturated rings. The number of hydrogen-bond donors (Lipinski definition) is 1. The predicted molar refractivity (Wildman–Crippen MR) is 78.1 cm³/mol. The first-order chi connectivity index (χ1) is 9.17. The van der Waals surface area contributed by atoms with Crippen molar-refractivity contribution in [3.05, 3.63) is 40.9 Å². The van der Waals surface area contributed by atoms with Crippen LogP contribution in [0.1, 0.15) is 0 Å². The van der Waals surface area contributed by atoms with Crippen molar-refractivity contribution in [2.75, 3.05) is 12.8 Å². The maximum absolute atomic E-state index is 5.74. The minimum absolute atomic E-state index is 0.534. The van der Waals surface area contributed by atoms with Crippen LogP contribution in [0.5, 0.6) is 5.75 Å². The lowest BCUT2D eigenvalue weighted by atomic mass is 10.2. The highest BCUT2D eigenvalue weighted by Gasteiger charge is 2.12. The SMILES string of the molecule is COc1ccc(Br)c(-c2nc3ccc(N)cc3o2)c1. The van der Waals surface area contributed by atoms with Gasteiger partial charge in [-0.25, -0.2) is 4.98 Å². The van der Waals surface area contributed by atoms with E-state index in [-0.39, 0.29) is 0 Å². The van der Waals surface area contributed by atoms with Crippen LogP contribution < -0.4 is 10.5 Å². The summed E-state index contributed by atoms with van der Waals surface area (Å²) in [6.45, 7) is 0. The average Bonchev–Trinajstić information content (AvgIpc) is 2.82. The number of aromatic nitrogens is 1. The fourth-order valence-electron chi connectivity index (χ4n) is 1.85. The Morgan fingerprint density at radius 2 is 2.05 bits per heavy atom. The van der Waals surface area contributed by atoms with E-state index < -0.39 is 0 Å². The number of nitrogens with two attached hydrogens (primary N) is 1. The van der Waals surface area contributed by atoms with Crippen LogP contribution in [-0.4, -0.2) is 12.1 Å². The number of benzene rings is 2. The second kappa shape index (κ2) is 4.59. The van der Waals surface area contributed by atoms with Gasteiger partial charge in [-0.2, -0.15) is 0 Å². The molecular formula is C14H11BrN2O2. The summed E-state index contributed by atoms with van der Waals surface area (Å²) in [4.78, 5) is 4.45. The van der Waals surface area contributed by atoms with Crippen molar-refractivity contribution in [2.24, 2.45) is 0 Å². The fraction of sp³-hybridized carbons (Fsp3) is 0.0714. The van der Waals surface area contributed by atoms with Crippen molar-refractivity contribution in [1.82, 2.24) is 4.98 Å². The highest BCUT2D eigenvalue weighted by Crippen LogP contribution is 2.33. The van der Waals surface area contributed by atoms with Crippen molar-refractivity contribution >= 4 is 32.7 Å². The Balaban J connectivity index is 2.18. The zero-order valence-corrected chi connectivity index (χ0v) is 11.8. The normalized spacial score (nSPS) is 10.8. The molecule has 4 nitrogen and oxygen atoms in total. The number of anilines is 1. The first-order valence-electron chi connectivity index (χ1n) is 5.67. The van der Waals surface area contributed by atoms with Gasteiger partial charge in [-0.05, 0) is 46.3 Å². The molecule has 19 heavy (non-hydrogen) atoms. The van der Waals surface area contributed by atoms with Gasteiger partial charge in [0.05, 0.1) is 12.7 Å². The van der Waals surface area contributed by atoms with Crippen molar-refractivity contribution in [3.8, 4) is 17.2 Å². The summed E-state index contributed by atoms with van der Waals surface area (Å²) in [5, 5.41) is 0. The summed E-state index contributed by atoms with van der Waals surface area (Å²) in [7, 11) is 1.62. The van der Waals surface area contributed by atoms with Crippen LogP contribution >= 0.6 is 15.9 Å². The molecule has 0 aliphatic rings. The van der Waals surface area contributed by atoms with Crippen LogP contribution in [-0.2, 0) is 0 Å². The molecule has 0 aliphatic heterocycles. The van der Waals surface area contributed by atoms with Gasteiger partial charge in [0.1, 0.15) is 11.3 Å². The molecule has 0 amide bonds. The Labute approximate surface area is 118 Å². The van der Waals surface area contributed by atoms with E-state index in [1.54, 1.807) is 19.2 Å². The molecule has 2 N–H and O–H groups in total. The first kappa shape index (κ1) is 12.0. The molecule has 0 unspecified atom stereocenters. The highest BCUT2D eigenvalue weighted by molar-refractivity contribution is 9.10. The van der Waals surface area contributed by atoms with Crippen LogP contribution in [0.3, 0.4) is 0 Å². The monoisotopic (exact) mass is 318 g/mol. The summed E-state index contributed by atoms with van der Waals surface area (Å²) in [6.07, 6.45) is 0. The van der Waals surface area contributed by atoms with Crippen LogP contribution in [0.4, 0.5) is 5.69 Å². The number of halogens is 1. The predicted octanol–water partition coefficient (Wildman–Crippen LogP) is 3.85. The van der Waals surface area contributed by atoms with Gasteiger partial charge >= 0.3 is 0 Å². The van der Waals surface area contributed by atoms with Gasteiger partial charge in [0.15, 0.2) is 5.58 Å². The van der Waals surface area contributed by atoms with E-state index in [0.29, 0.717) is 17.2 Å². The highest BCUT2D eigenvalue weighted by atomic mass is 79.9. The van der Waals surface area contributed by atoms with Gasteiger partial charge in [0, 0.05) is 16.2 Å². The zero-order chi connectivity index (χ0) is 13.4. The molecule has 1 heterocycles. The Hall–Kier alpha value is -2.01. The van der Waals surface area contributed by atoms with Gasteiger partial charge in [0.2, 0.25) is 5.89 Å². The molecule has 3 rings (SSSR count). The first-order valence-corrected chi connectivity index (χ1v) is 6.46. The number of nitrogens with zero attached hydrogens (tertiary/aromatic N) is 1. The van der Waals surface area contributed by atoms with Gasteiger partial charge < -0.3 is 14.9 Å². The molecule has 3 aromatic rings. The number of rotatable bonds is 2. The molecular weight excluding hydrogens is 308 g/mol. The zero-order valence-electron chi connectivity index (χ0n) is 10.2. The van der Waals surface area contributed by atoms with Crippen molar-refractivity contribution < 1.29 is 9.15 Å². The third kappa shape index (κ3) is 2.17. The Bertz CT molecular complexity index is 752. The summed E-state index contributed by atoms with van der Waals surface area (Å²) in [5.74, 6) is 1.28. The smallest absolute Gasteiger partial charge is 0.228 e. The standard InChI is InChI=1S/C14H11BrN2O2/c1-18-9-3-4-11(15)10(7-9)14-17-12-5-2-8(16)6-13(12)19-14/h2-7H,16H2,1H3. The molecule has 96 valence electrons. The molecule has 0 radical (unpaired) electrons. The maximum atomic E-state index is 5.74. The van der Waals surface area contributed by atoms with E-state index in [9.17, 15) is 0 Å². The number of methoxy groups -OCH3 is 1. The van der Waals surface area contributed by atoms with Gasteiger partial charge in [-0.3, -0.25) is 0 Å². The Kier molecular flexibility index (Phi) is 2.91. The van der Waals surface area contributed by atoms with Gasteiger partial charge in [-0.15, -0.1) is 0 Å². The van der Waals surface area contributed by atoms with Gasteiger partial charge in [-0.1, -0.05) is 0 Å². The second-order valence-electron chi connectivity index (χ2n) is 4.09. The Morgan fingerprint density at radius 3 is 2.84 bits per heavy atom. The Morgan fingerprint density at radius 1 is 1.21 bits per heavy atom. The molecule has 5 heteroatoms. The average molecular weight is 319 g/mol. The van der Waals surface area contributed by atoms with Crippen molar-refractivity contribution in [1.29, 1.82) is 0 Å². The molecule has 0 saturated heterocycles. The molecule has 0 saturated carbocycles. The summed E-state index contributed by atoms with van der Waals surface area (Å²) in [5.41, 5.74) is 8.67. The summed E-state index contributed by atoms with van der Waals surface area (Å²) >= 11 is 3.49. The van der Waals surface area contributed by atoms with Crippen LogP contribution in [0, 0.1) is 0 Å². The van der Waals surface area contributed by atoms with Crippen molar-refractivity contribution in [3.63, 3.8) is 0 Å².